The maximum Gasteiger partial charge on any atom is 0.270 e. The zero-order chi connectivity index (χ0) is 15.8. The molecule has 1 N–H and O–H groups in total. The van der Waals surface area contributed by atoms with E-state index in [0.29, 0.717) is 16.9 Å². The molecule has 0 spiro atoms. The van der Waals surface area contributed by atoms with Crippen molar-refractivity contribution in [3.8, 4) is 5.75 Å². The number of nitro benzene ring substituents is 1. The molecular weight excluding hydrogens is 272 g/mol. The van der Waals surface area contributed by atoms with Crippen LogP contribution >= 0.6 is 0 Å². The molecule has 0 bridgehead atoms. The lowest BCUT2D eigenvalue weighted by Gasteiger charge is -2.30. The van der Waals surface area contributed by atoms with Gasteiger partial charge in [0, 0.05) is 23.7 Å². The third-order valence-electron chi connectivity index (χ3n) is 2.99. The predicted molar refractivity (Wildman–Crippen MR) is 79.1 cm³/mol. The van der Waals surface area contributed by atoms with Crippen LogP contribution in [0.25, 0.3) is 5.57 Å². The number of hydrogen-bond acceptors (Lipinski definition) is 4. The van der Waals surface area contributed by atoms with Gasteiger partial charge in [0.15, 0.2) is 0 Å². The van der Waals surface area contributed by atoms with Gasteiger partial charge in [-0.1, -0.05) is 0 Å². The van der Waals surface area contributed by atoms with E-state index in [1.165, 1.54) is 18.2 Å². The quantitative estimate of drug-likeness (QED) is 0.685. The molecule has 1 aliphatic rings. The van der Waals surface area contributed by atoms with Crippen molar-refractivity contribution in [2.24, 2.45) is 0 Å². The highest BCUT2D eigenvalue weighted by molar-refractivity contribution is 6.21. The van der Waals surface area contributed by atoms with Gasteiger partial charge in [-0.25, -0.2) is 0 Å². The summed E-state index contributed by atoms with van der Waals surface area (Å²) in [4.78, 5) is 22.8. The Morgan fingerprint density at radius 1 is 1.38 bits per heavy atom. The summed E-state index contributed by atoms with van der Waals surface area (Å²) in [5.41, 5.74) is 0.132. The second kappa shape index (κ2) is 5.20. The Morgan fingerprint density at radius 3 is 2.62 bits per heavy atom. The second-order valence-corrected chi connectivity index (χ2v) is 5.83. The van der Waals surface area contributed by atoms with Crippen molar-refractivity contribution >= 4 is 17.2 Å². The van der Waals surface area contributed by atoms with E-state index in [1.54, 1.807) is 6.08 Å². The van der Waals surface area contributed by atoms with E-state index in [1.807, 2.05) is 27.7 Å². The van der Waals surface area contributed by atoms with Gasteiger partial charge < -0.3 is 10.1 Å². The number of nitrogens with one attached hydrogen (secondary N) is 1. The van der Waals surface area contributed by atoms with Crippen molar-refractivity contribution in [2.45, 2.75) is 39.3 Å². The van der Waals surface area contributed by atoms with Gasteiger partial charge in [0.1, 0.15) is 11.4 Å². The molecule has 21 heavy (non-hydrogen) atoms. The van der Waals surface area contributed by atoms with Gasteiger partial charge in [-0.3, -0.25) is 14.9 Å². The van der Waals surface area contributed by atoms with Crippen molar-refractivity contribution in [2.75, 3.05) is 0 Å². The van der Waals surface area contributed by atoms with Crippen molar-refractivity contribution in [3.05, 3.63) is 40.0 Å². The van der Waals surface area contributed by atoms with E-state index in [4.69, 9.17) is 4.74 Å². The van der Waals surface area contributed by atoms with Crippen LogP contribution < -0.4 is 10.1 Å². The number of benzene rings is 1. The molecular formula is C15H18N2O4. The Hall–Kier alpha value is -2.37. The first-order valence-electron chi connectivity index (χ1n) is 6.71. The summed E-state index contributed by atoms with van der Waals surface area (Å²) in [5.74, 6) is 0.213. The highest BCUT2D eigenvalue weighted by Crippen LogP contribution is 2.38. The van der Waals surface area contributed by atoms with E-state index >= 15 is 0 Å². The third kappa shape index (κ3) is 3.21. The predicted octanol–water partition coefficient (Wildman–Crippen LogP) is 2.67. The monoisotopic (exact) mass is 290 g/mol. The fraction of sp³-hybridized carbons (Fsp3) is 0.400. The molecule has 0 radical (unpaired) electrons. The first kappa shape index (κ1) is 15.0. The summed E-state index contributed by atoms with van der Waals surface area (Å²) in [5, 5.41) is 13.7. The molecule has 0 saturated carbocycles. The molecule has 0 atom stereocenters. The molecule has 1 amide bonds. The molecule has 1 aromatic rings. The summed E-state index contributed by atoms with van der Waals surface area (Å²) in [6.45, 7) is 7.38. The number of fused-ring (bicyclic) bond motifs is 1. The first-order chi connectivity index (χ1) is 9.69. The molecule has 0 unspecified atom stereocenters. The maximum atomic E-state index is 12.3. The maximum absolute atomic E-state index is 12.3. The van der Waals surface area contributed by atoms with Gasteiger partial charge in [-0.2, -0.15) is 0 Å². The lowest BCUT2D eigenvalue weighted by atomic mass is 9.93. The Morgan fingerprint density at radius 2 is 2.05 bits per heavy atom. The number of non-ortho nitro benzene ring substituents is 1. The van der Waals surface area contributed by atoms with Crippen LogP contribution in [0.2, 0.25) is 0 Å². The molecule has 112 valence electrons. The van der Waals surface area contributed by atoms with E-state index in [-0.39, 0.29) is 17.6 Å². The zero-order valence-electron chi connectivity index (χ0n) is 12.5. The second-order valence-electron chi connectivity index (χ2n) is 5.83. The van der Waals surface area contributed by atoms with Gasteiger partial charge in [0.25, 0.3) is 11.6 Å². The highest BCUT2D eigenvalue weighted by atomic mass is 16.6. The molecule has 1 aliphatic heterocycles. The van der Waals surface area contributed by atoms with Crippen LogP contribution in [-0.2, 0) is 4.79 Å². The summed E-state index contributed by atoms with van der Waals surface area (Å²) in [6, 6.07) is 4.26. The average Bonchev–Trinajstić information content (AvgIpc) is 2.35. The topological polar surface area (TPSA) is 81.5 Å². The van der Waals surface area contributed by atoms with Crippen LogP contribution in [0.15, 0.2) is 24.3 Å². The normalized spacial score (nSPS) is 15.8. The summed E-state index contributed by atoms with van der Waals surface area (Å²) >= 11 is 0. The average molecular weight is 290 g/mol. The van der Waals surface area contributed by atoms with Crippen molar-refractivity contribution < 1.29 is 14.5 Å². The lowest BCUT2D eigenvalue weighted by Crippen LogP contribution is -2.35. The standard InChI is InChI=1S/C15H18N2O4/c1-9(2)16-14(18)12-8-15(3,4)21-13-6-5-10(17(19)20)7-11(12)13/h5-9H,1-4H3,(H,16,18). The zero-order valence-corrected chi connectivity index (χ0v) is 12.5. The van der Waals surface area contributed by atoms with Crippen molar-refractivity contribution in [1.82, 2.24) is 5.32 Å². The van der Waals surface area contributed by atoms with Crippen LogP contribution in [0, 0.1) is 10.1 Å². The number of amides is 1. The Balaban J connectivity index is 2.52. The van der Waals surface area contributed by atoms with E-state index < -0.39 is 10.5 Å². The van der Waals surface area contributed by atoms with Crippen molar-refractivity contribution in [3.63, 3.8) is 0 Å². The number of carbonyl (C=O) groups is 1. The van der Waals surface area contributed by atoms with Crippen LogP contribution in [0.4, 0.5) is 5.69 Å². The number of hydrogen-bond donors (Lipinski definition) is 1. The molecule has 0 aromatic heterocycles. The van der Waals surface area contributed by atoms with Gasteiger partial charge in [0.05, 0.1) is 10.5 Å². The van der Waals surface area contributed by atoms with E-state index in [9.17, 15) is 14.9 Å². The van der Waals surface area contributed by atoms with Gasteiger partial charge in [-0.05, 0) is 39.8 Å². The fourth-order valence-electron chi connectivity index (χ4n) is 2.20. The number of rotatable bonds is 3. The van der Waals surface area contributed by atoms with E-state index in [0.717, 1.165) is 0 Å². The molecule has 6 heteroatoms. The minimum Gasteiger partial charge on any atom is -0.483 e. The van der Waals surface area contributed by atoms with Crippen LogP contribution in [-0.4, -0.2) is 22.5 Å². The van der Waals surface area contributed by atoms with Gasteiger partial charge in [-0.15, -0.1) is 0 Å². The van der Waals surface area contributed by atoms with Crippen LogP contribution in [0.3, 0.4) is 0 Å². The fourth-order valence-corrected chi connectivity index (χ4v) is 2.20. The largest absolute Gasteiger partial charge is 0.483 e. The van der Waals surface area contributed by atoms with Crippen LogP contribution in [0.5, 0.6) is 5.75 Å². The molecule has 6 nitrogen and oxygen atoms in total. The Bertz CT molecular complexity index is 633. The van der Waals surface area contributed by atoms with Gasteiger partial charge in [0.2, 0.25) is 0 Å². The summed E-state index contributed by atoms with van der Waals surface area (Å²) in [7, 11) is 0. The number of nitro groups is 1. The minimum absolute atomic E-state index is 0.0218. The van der Waals surface area contributed by atoms with Gasteiger partial charge >= 0.3 is 0 Å². The molecule has 2 rings (SSSR count). The molecule has 0 saturated heterocycles. The lowest BCUT2D eigenvalue weighted by molar-refractivity contribution is -0.384. The molecule has 1 aromatic carbocycles. The number of nitrogens with zero attached hydrogens (tertiary/aromatic N) is 1. The minimum atomic E-state index is -0.646. The number of carbonyl (C=O) groups excluding carboxylic acids is 1. The summed E-state index contributed by atoms with van der Waals surface area (Å²) in [6.07, 6.45) is 1.69. The number of ether oxygens (including phenoxy) is 1. The summed E-state index contributed by atoms with van der Waals surface area (Å²) < 4.78 is 5.76. The SMILES string of the molecule is CC(C)NC(=O)C1=CC(C)(C)Oc2ccc([N+](=O)[O-])cc21. The third-order valence-corrected chi connectivity index (χ3v) is 2.99. The highest BCUT2D eigenvalue weighted by Gasteiger charge is 2.31. The Kier molecular flexibility index (Phi) is 3.72. The first-order valence-corrected chi connectivity index (χ1v) is 6.71. The van der Waals surface area contributed by atoms with E-state index in [2.05, 4.69) is 5.32 Å². The smallest absolute Gasteiger partial charge is 0.270 e. The van der Waals surface area contributed by atoms with Crippen LogP contribution in [0.1, 0.15) is 33.3 Å². The molecule has 0 fully saturated rings. The molecule has 0 aliphatic carbocycles. The molecule has 1 heterocycles. The Labute approximate surface area is 122 Å². The van der Waals surface area contributed by atoms with Crippen molar-refractivity contribution in [1.29, 1.82) is 0 Å².